The summed E-state index contributed by atoms with van der Waals surface area (Å²) in [4.78, 5) is 10.7. The van der Waals surface area contributed by atoms with E-state index in [0.717, 1.165) is 16.5 Å². The summed E-state index contributed by atoms with van der Waals surface area (Å²) in [5.74, 6) is 0.661. The predicted molar refractivity (Wildman–Crippen MR) is 64.5 cm³/mol. The summed E-state index contributed by atoms with van der Waals surface area (Å²) in [6, 6.07) is 0. The van der Waals surface area contributed by atoms with E-state index in [0.29, 0.717) is 13.0 Å². The SMILES string of the molecule is C=CCNC(=S)SCCCC(=O)OC. The minimum Gasteiger partial charge on any atom is -0.469 e. The monoisotopic (exact) mass is 233 g/mol. The van der Waals surface area contributed by atoms with E-state index in [1.165, 1.54) is 18.9 Å². The maximum atomic E-state index is 10.7. The van der Waals surface area contributed by atoms with E-state index in [2.05, 4.69) is 16.6 Å². The molecule has 1 N–H and O–H groups in total. The lowest BCUT2D eigenvalue weighted by molar-refractivity contribution is -0.140. The van der Waals surface area contributed by atoms with Gasteiger partial charge in [-0.3, -0.25) is 4.79 Å². The smallest absolute Gasteiger partial charge is 0.305 e. The normalized spacial score (nSPS) is 9.21. The Kier molecular flexibility index (Phi) is 8.67. The molecule has 0 aliphatic heterocycles. The van der Waals surface area contributed by atoms with Gasteiger partial charge in [-0.2, -0.15) is 0 Å². The maximum absolute atomic E-state index is 10.7. The number of nitrogens with one attached hydrogen (secondary N) is 1. The van der Waals surface area contributed by atoms with Crippen LogP contribution in [0.5, 0.6) is 0 Å². The molecule has 0 amide bonds. The molecule has 0 spiro atoms. The fourth-order valence-corrected chi connectivity index (χ4v) is 1.68. The quantitative estimate of drug-likeness (QED) is 0.327. The Labute approximate surface area is 94.3 Å². The summed E-state index contributed by atoms with van der Waals surface area (Å²) in [5.41, 5.74) is 0. The highest BCUT2D eigenvalue weighted by Gasteiger charge is 2.00. The molecule has 0 saturated carbocycles. The summed E-state index contributed by atoms with van der Waals surface area (Å²) in [7, 11) is 1.39. The Morgan fingerprint density at radius 2 is 2.43 bits per heavy atom. The van der Waals surface area contributed by atoms with E-state index in [4.69, 9.17) is 12.2 Å². The van der Waals surface area contributed by atoms with Gasteiger partial charge in [0.05, 0.1) is 7.11 Å². The Morgan fingerprint density at radius 1 is 1.71 bits per heavy atom. The van der Waals surface area contributed by atoms with Crippen LogP contribution in [-0.4, -0.2) is 29.7 Å². The van der Waals surface area contributed by atoms with Crippen molar-refractivity contribution in [1.29, 1.82) is 0 Å². The van der Waals surface area contributed by atoms with Gasteiger partial charge < -0.3 is 10.1 Å². The second kappa shape index (κ2) is 9.02. The second-order valence-electron chi connectivity index (χ2n) is 2.49. The first-order valence-electron chi connectivity index (χ1n) is 4.29. The van der Waals surface area contributed by atoms with Crippen LogP contribution in [0.4, 0.5) is 0 Å². The van der Waals surface area contributed by atoms with E-state index in [1.54, 1.807) is 6.08 Å². The molecule has 0 unspecified atom stereocenters. The van der Waals surface area contributed by atoms with Gasteiger partial charge in [-0.1, -0.05) is 30.1 Å². The van der Waals surface area contributed by atoms with Crippen LogP contribution in [0, 0.1) is 0 Å². The van der Waals surface area contributed by atoms with Gasteiger partial charge in [-0.25, -0.2) is 0 Å². The Hall–Kier alpha value is -0.550. The third kappa shape index (κ3) is 8.07. The van der Waals surface area contributed by atoms with Crippen LogP contribution in [0.1, 0.15) is 12.8 Å². The van der Waals surface area contributed by atoms with Crippen molar-refractivity contribution in [3.8, 4) is 0 Å². The molecular weight excluding hydrogens is 218 g/mol. The van der Waals surface area contributed by atoms with Gasteiger partial charge in [-0.05, 0) is 6.42 Å². The molecule has 0 rings (SSSR count). The number of methoxy groups -OCH3 is 1. The summed E-state index contributed by atoms with van der Waals surface area (Å²) < 4.78 is 5.26. The summed E-state index contributed by atoms with van der Waals surface area (Å²) >= 11 is 6.55. The molecule has 0 fully saturated rings. The van der Waals surface area contributed by atoms with Gasteiger partial charge in [0, 0.05) is 18.7 Å². The second-order valence-corrected chi connectivity index (χ2v) is 4.26. The molecule has 5 heteroatoms. The van der Waals surface area contributed by atoms with Crippen LogP contribution < -0.4 is 5.32 Å². The van der Waals surface area contributed by atoms with E-state index in [-0.39, 0.29) is 5.97 Å². The number of rotatable bonds is 6. The zero-order valence-corrected chi connectivity index (χ0v) is 9.88. The molecule has 0 aromatic carbocycles. The molecule has 0 atom stereocenters. The molecule has 14 heavy (non-hydrogen) atoms. The van der Waals surface area contributed by atoms with Crippen LogP contribution in [0.3, 0.4) is 0 Å². The first kappa shape index (κ1) is 13.4. The standard InChI is InChI=1S/C9H15NO2S2/c1-3-6-10-9(13)14-7-4-5-8(11)12-2/h3H,1,4-7H2,2H3,(H,10,13). The van der Waals surface area contributed by atoms with Crippen LogP contribution in [-0.2, 0) is 9.53 Å². The number of thioether (sulfide) groups is 1. The van der Waals surface area contributed by atoms with Crippen molar-refractivity contribution in [3.63, 3.8) is 0 Å². The van der Waals surface area contributed by atoms with Crippen LogP contribution in [0.15, 0.2) is 12.7 Å². The van der Waals surface area contributed by atoms with Crippen LogP contribution in [0.2, 0.25) is 0 Å². The lowest BCUT2D eigenvalue weighted by atomic mass is 10.3. The number of thiocarbonyl (C=S) groups is 1. The average molecular weight is 233 g/mol. The molecule has 80 valence electrons. The first-order valence-corrected chi connectivity index (χ1v) is 5.68. The van der Waals surface area contributed by atoms with Crippen molar-refractivity contribution < 1.29 is 9.53 Å². The van der Waals surface area contributed by atoms with E-state index >= 15 is 0 Å². The molecular formula is C9H15NO2S2. The van der Waals surface area contributed by atoms with Crippen LogP contribution in [0.25, 0.3) is 0 Å². The molecule has 0 aliphatic rings. The van der Waals surface area contributed by atoms with Gasteiger partial charge in [0.1, 0.15) is 4.32 Å². The van der Waals surface area contributed by atoms with Gasteiger partial charge in [0.2, 0.25) is 0 Å². The molecule has 3 nitrogen and oxygen atoms in total. The maximum Gasteiger partial charge on any atom is 0.305 e. The van der Waals surface area contributed by atoms with Gasteiger partial charge >= 0.3 is 5.97 Å². The highest BCUT2D eigenvalue weighted by molar-refractivity contribution is 8.22. The first-order chi connectivity index (χ1) is 6.70. The van der Waals surface area contributed by atoms with Gasteiger partial charge in [0.25, 0.3) is 0 Å². The van der Waals surface area contributed by atoms with Crippen LogP contribution >= 0.6 is 24.0 Å². The van der Waals surface area contributed by atoms with Crippen molar-refractivity contribution in [1.82, 2.24) is 5.32 Å². The molecule has 0 radical (unpaired) electrons. The number of carbonyl (C=O) groups is 1. The Morgan fingerprint density at radius 3 is 3.00 bits per heavy atom. The lowest BCUT2D eigenvalue weighted by Gasteiger charge is -2.04. The zero-order valence-electron chi connectivity index (χ0n) is 8.25. The highest BCUT2D eigenvalue weighted by atomic mass is 32.2. The largest absolute Gasteiger partial charge is 0.469 e. The predicted octanol–water partition coefficient (Wildman–Crippen LogP) is 1.73. The van der Waals surface area contributed by atoms with Crippen molar-refractivity contribution in [2.24, 2.45) is 0 Å². The number of hydrogen-bond acceptors (Lipinski definition) is 4. The zero-order chi connectivity index (χ0) is 10.8. The number of carbonyl (C=O) groups excluding carboxylic acids is 1. The number of ether oxygens (including phenoxy) is 1. The van der Waals surface area contributed by atoms with Gasteiger partial charge in [0.15, 0.2) is 0 Å². The summed E-state index contributed by atoms with van der Waals surface area (Å²) in [5, 5.41) is 2.99. The molecule has 0 aliphatic carbocycles. The van der Waals surface area contributed by atoms with Crippen molar-refractivity contribution in [2.75, 3.05) is 19.4 Å². The minimum atomic E-state index is -0.171. The average Bonchev–Trinajstić information content (AvgIpc) is 2.21. The fourth-order valence-electron chi connectivity index (χ4n) is 0.690. The highest BCUT2D eigenvalue weighted by Crippen LogP contribution is 2.06. The van der Waals surface area contributed by atoms with Crippen molar-refractivity contribution in [2.45, 2.75) is 12.8 Å². The Balaban J connectivity index is 3.31. The van der Waals surface area contributed by atoms with E-state index in [9.17, 15) is 4.79 Å². The third-order valence-corrected chi connectivity index (χ3v) is 2.77. The third-order valence-electron chi connectivity index (χ3n) is 1.38. The molecule has 0 aromatic heterocycles. The minimum absolute atomic E-state index is 0.171. The molecule has 0 bridgehead atoms. The fraction of sp³-hybridized carbons (Fsp3) is 0.556. The molecule has 0 saturated heterocycles. The number of esters is 1. The molecule has 0 heterocycles. The number of hydrogen-bond donors (Lipinski definition) is 1. The van der Waals surface area contributed by atoms with Gasteiger partial charge in [-0.15, -0.1) is 6.58 Å². The van der Waals surface area contributed by atoms with E-state index < -0.39 is 0 Å². The Bertz CT molecular complexity index is 207. The van der Waals surface area contributed by atoms with Crippen molar-refractivity contribution in [3.05, 3.63) is 12.7 Å². The van der Waals surface area contributed by atoms with Crippen molar-refractivity contribution >= 4 is 34.3 Å². The lowest BCUT2D eigenvalue weighted by Crippen LogP contribution is -2.18. The van der Waals surface area contributed by atoms with E-state index in [1.807, 2.05) is 0 Å². The summed E-state index contributed by atoms with van der Waals surface area (Å²) in [6.07, 6.45) is 2.99. The molecule has 0 aromatic rings. The topological polar surface area (TPSA) is 38.3 Å². The summed E-state index contributed by atoms with van der Waals surface area (Å²) in [6.45, 7) is 4.25.